The maximum Gasteiger partial charge on any atom is 0.342 e. The van der Waals surface area contributed by atoms with E-state index in [-0.39, 0.29) is 17.9 Å². The van der Waals surface area contributed by atoms with Gasteiger partial charge in [-0.15, -0.1) is 0 Å². The van der Waals surface area contributed by atoms with Gasteiger partial charge < -0.3 is 19.2 Å². The number of aromatic nitrogens is 1. The van der Waals surface area contributed by atoms with Gasteiger partial charge in [-0.1, -0.05) is 12.1 Å². The number of H-pyrrole nitrogens is 1. The molecule has 2 aromatic rings. The van der Waals surface area contributed by atoms with E-state index in [1.54, 1.807) is 45.0 Å². The molecule has 7 nitrogen and oxygen atoms in total. The molecule has 1 aromatic heterocycles. The first-order chi connectivity index (χ1) is 12.8. The van der Waals surface area contributed by atoms with Crippen LogP contribution in [0.2, 0.25) is 0 Å². The molecule has 0 saturated carbocycles. The number of aromatic amines is 1. The van der Waals surface area contributed by atoms with Crippen molar-refractivity contribution in [3.05, 3.63) is 52.3 Å². The van der Waals surface area contributed by atoms with Crippen molar-refractivity contribution in [1.29, 1.82) is 0 Å². The summed E-state index contributed by atoms with van der Waals surface area (Å²) in [6.45, 7) is 6.76. The number of carbonyl (C=O) groups excluding carboxylic acids is 3. The van der Waals surface area contributed by atoms with Crippen LogP contribution in [-0.2, 0) is 9.47 Å². The number of esters is 2. The SMILES string of the molecule is CCOC(=O)c1c(C)[nH]c(C(=O)[C@H](C)OC(=O)c2ccccc2OC)c1C. The highest BCUT2D eigenvalue weighted by molar-refractivity contribution is 6.04. The molecule has 0 aliphatic carbocycles. The average molecular weight is 373 g/mol. The van der Waals surface area contributed by atoms with E-state index in [0.29, 0.717) is 22.6 Å². The Morgan fingerprint density at radius 2 is 1.78 bits per heavy atom. The molecule has 0 aliphatic heterocycles. The molecule has 0 bridgehead atoms. The largest absolute Gasteiger partial charge is 0.496 e. The molecule has 0 saturated heterocycles. The maximum atomic E-state index is 12.7. The van der Waals surface area contributed by atoms with Crippen LogP contribution in [0.4, 0.5) is 0 Å². The third-order valence-electron chi connectivity index (χ3n) is 4.14. The lowest BCUT2D eigenvalue weighted by Gasteiger charge is -2.13. The van der Waals surface area contributed by atoms with Crippen molar-refractivity contribution in [2.45, 2.75) is 33.8 Å². The summed E-state index contributed by atoms with van der Waals surface area (Å²) in [4.78, 5) is 40.1. The van der Waals surface area contributed by atoms with Crippen LogP contribution in [0.25, 0.3) is 0 Å². The van der Waals surface area contributed by atoms with Crippen LogP contribution >= 0.6 is 0 Å². The van der Waals surface area contributed by atoms with E-state index < -0.39 is 23.8 Å². The summed E-state index contributed by atoms with van der Waals surface area (Å²) in [7, 11) is 1.45. The Bertz CT molecular complexity index is 867. The number of ether oxygens (including phenoxy) is 3. The van der Waals surface area contributed by atoms with Gasteiger partial charge in [-0.25, -0.2) is 9.59 Å². The summed E-state index contributed by atoms with van der Waals surface area (Å²) in [5.41, 5.74) is 1.76. The van der Waals surface area contributed by atoms with Crippen molar-refractivity contribution in [2.75, 3.05) is 13.7 Å². The van der Waals surface area contributed by atoms with Crippen molar-refractivity contribution < 1.29 is 28.6 Å². The first-order valence-corrected chi connectivity index (χ1v) is 8.56. The molecule has 1 heterocycles. The summed E-state index contributed by atoms with van der Waals surface area (Å²) in [5.74, 6) is -1.24. The predicted octanol–water partition coefficient (Wildman–Crippen LogP) is 3.25. The molecule has 2 rings (SSSR count). The van der Waals surface area contributed by atoms with Crippen molar-refractivity contribution in [1.82, 2.24) is 4.98 Å². The zero-order chi connectivity index (χ0) is 20.1. The second kappa shape index (κ2) is 8.53. The van der Waals surface area contributed by atoms with Crippen molar-refractivity contribution >= 4 is 17.7 Å². The number of rotatable bonds is 7. The number of methoxy groups -OCH3 is 1. The lowest BCUT2D eigenvalue weighted by atomic mass is 10.1. The minimum atomic E-state index is -1.05. The summed E-state index contributed by atoms with van der Waals surface area (Å²) in [6.07, 6.45) is -1.05. The number of Topliss-reactive ketones (excluding diaryl/α,β-unsaturated/α-hetero) is 1. The molecule has 0 spiro atoms. The minimum absolute atomic E-state index is 0.218. The Morgan fingerprint density at radius 3 is 2.41 bits per heavy atom. The molecule has 1 aromatic carbocycles. The number of carbonyl (C=O) groups is 3. The van der Waals surface area contributed by atoms with Crippen LogP contribution in [0.1, 0.15) is 56.3 Å². The van der Waals surface area contributed by atoms with Crippen LogP contribution in [0, 0.1) is 13.8 Å². The van der Waals surface area contributed by atoms with Gasteiger partial charge in [-0.3, -0.25) is 4.79 Å². The number of hydrogen-bond acceptors (Lipinski definition) is 6. The van der Waals surface area contributed by atoms with Gasteiger partial charge in [0.2, 0.25) is 5.78 Å². The smallest absolute Gasteiger partial charge is 0.342 e. The highest BCUT2D eigenvalue weighted by Gasteiger charge is 2.28. The molecule has 144 valence electrons. The molecule has 0 unspecified atom stereocenters. The molecule has 0 aliphatic rings. The van der Waals surface area contributed by atoms with E-state index in [1.165, 1.54) is 14.0 Å². The predicted molar refractivity (Wildman–Crippen MR) is 98.4 cm³/mol. The van der Waals surface area contributed by atoms with E-state index in [4.69, 9.17) is 14.2 Å². The second-order valence-electron chi connectivity index (χ2n) is 5.96. The molecule has 0 amide bonds. The lowest BCUT2D eigenvalue weighted by molar-refractivity contribution is 0.0313. The van der Waals surface area contributed by atoms with E-state index >= 15 is 0 Å². The monoisotopic (exact) mass is 373 g/mol. The molecule has 7 heteroatoms. The number of nitrogens with one attached hydrogen (secondary N) is 1. The van der Waals surface area contributed by atoms with Crippen LogP contribution in [0.5, 0.6) is 5.75 Å². The Labute approximate surface area is 157 Å². The summed E-state index contributed by atoms with van der Waals surface area (Å²) < 4.78 is 15.5. The van der Waals surface area contributed by atoms with E-state index in [1.807, 2.05) is 0 Å². The Balaban J connectivity index is 2.22. The third kappa shape index (κ3) is 4.19. The van der Waals surface area contributed by atoms with Crippen LogP contribution in [0.3, 0.4) is 0 Å². The summed E-state index contributed by atoms with van der Waals surface area (Å²) >= 11 is 0. The first kappa shape index (κ1) is 20.2. The zero-order valence-corrected chi connectivity index (χ0v) is 16.0. The molecule has 1 atom stereocenters. The maximum absolute atomic E-state index is 12.7. The topological polar surface area (TPSA) is 94.7 Å². The summed E-state index contributed by atoms with van der Waals surface area (Å²) in [6, 6.07) is 6.59. The van der Waals surface area contributed by atoms with Gasteiger partial charge in [0.05, 0.1) is 25.0 Å². The average Bonchev–Trinajstić information content (AvgIpc) is 2.95. The minimum Gasteiger partial charge on any atom is -0.496 e. The van der Waals surface area contributed by atoms with Crippen molar-refractivity contribution in [3.8, 4) is 5.75 Å². The van der Waals surface area contributed by atoms with E-state index in [9.17, 15) is 14.4 Å². The Kier molecular flexibility index (Phi) is 6.39. The number of benzene rings is 1. The van der Waals surface area contributed by atoms with Gasteiger partial charge >= 0.3 is 11.9 Å². The van der Waals surface area contributed by atoms with Crippen LogP contribution < -0.4 is 4.74 Å². The van der Waals surface area contributed by atoms with Crippen LogP contribution in [-0.4, -0.2) is 42.5 Å². The Hall–Kier alpha value is -3.09. The van der Waals surface area contributed by atoms with Crippen molar-refractivity contribution in [3.63, 3.8) is 0 Å². The fraction of sp³-hybridized carbons (Fsp3) is 0.350. The molecule has 0 radical (unpaired) electrons. The normalized spacial score (nSPS) is 11.6. The van der Waals surface area contributed by atoms with Gasteiger partial charge in [0.15, 0.2) is 6.10 Å². The van der Waals surface area contributed by atoms with E-state index in [0.717, 1.165) is 0 Å². The van der Waals surface area contributed by atoms with Gasteiger partial charge in [0, 0.05) is 5.69 Å². The van der Waals surface area contributed by atoms with Gasteiger partial charge in [0.1, 0.15) is 11.3 Å². The van der Waals surface area contributed by atoms with Crippen molar-refractivity contribution in [2.24, 2.45) is 0 Å². The molecule has 1 N–H and O–H groups in total. The summed E-state index contributed by atoms with van der Waals surface area (Å²) in [5, 5.41) is 0. The quantitative estimate of drug-likeness (QED) is 0.591. The van der Waals surface area contributed by atoms with Gasteiger partial charge in [-0.05, 0) is 45.4 Å². The molecule has 27 heavy (non-hydrogen) atoms. The fourth-order valence-corrected chi connectivity index (χ4v) is 2.80. The first-order valence-electron chi connectivity index (χ1n) is 8.56. The highest BCUT2D eigenvalue weighted by Crippen LogP contribution is 2.23. The zero-order valence-electron chi connectivity index (χ0n) is 16.0. The van der Waals surface area contributed by atoms with E-state index in [2.05, 4.69) is 4.98 Å². The number of hydrogen-bond donors (Lipinski definition) is 1. The number of para-hydroxylation sites is 1. The highest BCUT2D eigenvalue weighted by atomic mass is 16.5. The standard InChI is InChI=1S/C20H23NO6/c1-6-26-20(24)16-11(2)17(21-12(16)3)18(22)13(4)27-19(23)14-9-7-8-10-15(14)25-5/h7-10,13,21H,6H2,1-5H3/t13-/m0/s1. The second-order valence-corrected chi connectivity index (χ2v) is 5.96. The van der Waals surface area contributed by atoms with Gasteiger partial charge in [-0.2, -0.15) is 0 Å². The van der Waals surface area contributed by atoms with Crippen LogP contribution in [0.15, 0.2) is 24.3 Å². The van der Waals surface area contributed by atoms with Gasteiger partial charge in [0.25, 0.3) is 0 Å². The number of ketones is 1. The fourth-order valence-electron chi connectivity index (χ4n) is 2.80. The molecular weight excluding hydrogens is 350 g/mol. The number of aryl methyl sites for hydroxylation is 1. The lowest BCUT2D eigenvalue weighted by Crippen LogP contribution is -2.25. The molecular formula is C20H23NO6. The third-order valence-corrected chi connectivity index (χ3v) is 4.14. The molecule has 0 fully saturated rings. The Morgan fingerprint density at radius 1 is 1.11 bits per heavy atom.